The molecule has 9 heteroatoms. The number of aromatic amines is 1. The lowest BCUT2D eigenvalue weighted by Crippen LogP contribution is -2.65. The highest BCUT2D eigenvalue weighted by atomic mass is 16.5. The van der Waals surface area contributed by atoms with E-state index in [1.54, 1.807) is 38.3 Å². The van der Waals surface area contributed by atoms with Gasteiger partial charge in [0.2, 0.25) is 0 Å². The molecule has 3 aliphatic rings. The molecule has 0 saturated heterocycles. The van der Waals surface area contributed by atoms with Gasteiger partial charge in [0.05, 0.1) is 11.7 Å². The lowest BCUT2D eigenvalue weighted by atomic mass is 9.46. The normalized spacial score (nSPS) is 38.9. The lowest BCUT2D eigenvalue weighted by molar-refractivity contribution is -0.179. The second kappa shape index (κ2) is 9.95. The van der Waals surface area contributed by atoms with Gasteiger partial charge in [-0.3, -0.25) is 0 Å². The molecule has 0 radical (unpaired) electrons. The molecule has 2 unspecified atom stereocenters. The molecule has 0 aliphatic heterocycles. The highest BCUT2D eigenvalue weighted by Gasteiger charge is 2.70. The molecule has 0 spiro atoms. The van der Waals surface area contributed by atoms with Crippen LogP contribution in [-0.2, 0) is 19.1 Å². The number of fused-ring (bicyclic) bond motifs is 4. The molecule has 11 atom stereocenters. The number of methoxy groups -OCH3 is 1. The molecule has 1 aromatic rings. The lowest BCUT2D eigenvalue weighted by Gasteiger charge is -2.61. The van der Waals surface area contributed by atoms with Gasteiger partial charge >= 0.3 is 11.9 Å². The molecule has 1 heterocycles. The number of ether oxygens (including phenoxy) is 2. The number of esters is 1. The molecule has 1 aromatic heterocycles. The third kappa shape index (κ3) is 4.13. The van der Waals surface area contributed by atoms with Crippen LogP contribution in [0.4, 0.5) is 0 Å². The van der Waals surface area contributed by atoms with Crippen molar-refractivity contribution in [1.82, 2.24) is 4.98 Å². The van der Waals surface area contributed by atoms with E-state index in [2.05, 4.69) is 4.98 Å². The number of aliphatic carboxylic acids is 1. The Labute approximate surface area is 210 Å². The zero-order valence-corrected chi connectivity index (χ0v) is 20.9. The molecular weight excluding hydrogens is 466 g/mol. The van der Waals surface area contributed by atoms with Gasteiger partial charge < -0.3 is 34.6 Å². The standard InChI is InChI=1S/C27H35NO8/c1-13(12-29)10-14(2)27(34)16(11-19(35-4)25(31)32)7-8-17-20-21(22(17)27)23(30)15(3)24(20)36-26(33)18-6-5-9-28-18/h5-10,12-13,15-17,19-24,28,30,34H,11H2,1-4H3,(H,31,32)/b14-10+/t13-,15-,16-,17?,19+,20+,21?,22+,23-,24-,27+/m1/s1. The quantitative estimate of drug-likeness (QED) is 0.229. The summed E-state index contributed by atoms with van der Waals surface area (Å²) in [5.41, 5.74) is -0.632. The van der Waals surface area contributed by atoms with Crippen LogP contribution in [0.3, 0.4) is 0 Å². The van der Waals surface area contributed by atoms with Gasteiger partial charge in [-0.15, -0.1) is 0 Å². The second-order valence-electron chi connectivity index (χ2n) is 10.5. The van der Waals surface area contributed by atoms with Crippen LogP contribution >= 0.6 is 0 Å². The number of carbonyl (C=O) groups excluding carboxylic acids is 2. The van der Waals surface area contributed by atoms with Gasteiger partial charge in [-0.05, 0) is 42.9 Å². The van der Waals surface area contributed by atoms with Gasteiger partial charge in [0.1, 0.15) is 18.1 Å². The summed E-state index contributed by atoms with van der Waals surface area (Å²) in [4.78, 5) is 38.6. The van der Waals surface area contributed by atoms with Crippen molar-refractivity contribution < 1.29 is 39.2 Å². The van der Waals surface area contributed by atoms with Crippen LogP contribution in [0.5, 0.6) is 0 Å². The molecule has 4 rings (SSSR count). The maximum Gasteiger partial charge on any atom is 0.355 e. The van der Waals surface area contributed by atoms with Gasteiger partial charge in [-0.25, -0.2) is 9.59 Å². The average Bonchev–Trinajstić information content (AvgIpc) is 3.43. The minimum Gasteiger partial charge on any atom is -0.479 e. The molecule has 0 amide bonds. The predicted octanol–water partition coefficient (Wildman–Crippen LogP) is 2.22. The summed E-state index contributed by atoms with van der Waals surface area (Å²) in [6.07, 6.45) is 5.40. The maximum absolute atomic E-state index is 12.7. The van der Waals surface area contributed by atoms with Gasteiger partial charge in [-0.2, -0.15) is 0 Å². The molecule has 36 heavy (non-hydrogen) atoms. The topological polar surface area (TPSA) is 146 Å². The number of aliphatic hydroxyl groups excluding tert-OH is 1. The Hall–Kier alpha value is -2.75. The molecular formula is C27H35NO8. The fourth-order valence-corrected chi connectivity index (χ4v) is 6.85. The van der Waals surface area contributed by atoms with Gasteiger partial charge in [-0.1, -0.05) is 32.1 Å². The number of carboxylic acid groups (broad SMARTS) is 1. The minimum atomic E-state index is -1.51. The van der Waals surface area contributed by atoms with Crippen molar-refractivity contribution >= 4 is 18.2 Å². The van der Waals surface area contributed by atoms with Gasteiger partial charge in [0, 0.05) is 42.9 Å². The van der Waals surface area contributed by atoms with Crippen molar-refractivity contribution in [2.75, 3.05) is 7.11 Å². The monoisotopic (exact) mass is 501 g/mol. The molecule has 196 valence electrons. The van der Waals surface area contributed by atoms with Crippen LogP contribution in [0.15, 0.2) is 42.1 Å². The molecule has 4 N–H and O–H groups in total. The number of hydrogen-bond acceptors (Lipinski definition) is 7. The fourth-order valence-electron chi connectivity index (χ4n) is 6.85. The van der Waals surface area contributed by atoms with Gasteiger partial charge in [0.15, 0.2) is 6.10 Å². The first-order valence-corrected chi connectivity index (χ1v) is 12.4. The van der Waals surface area contributed by atoms with E-state index in [0.29, 0.717) is 11.3 Å². The summed E-state index contributed by atoms with van der Waals surface area (Å²) in [5, 5.41) is 33.1. The van der Waals surface area contributed by atoms with Crippen molar-refractivity contribution in [1.29, 1.82) is 0 Å². The first-order chi connectivity index (χ1) is 17.1. The number of aldehydes is 1. The minimum absolute atomic E-state index is 0.0248. The first-order valence-electron chi connectivity index (χ1n) is 12.4. The molecule has 2 fully saturated rings. The number of aromatic nitrogens is 1. The SMILES string of the molecule is CO[C@@H](C[C@H]1C=CC2[C@H]3C([C@H]2[C@]1(O)/C(C)=C/[C@@H](C)C=O)[C@H](O)[C@@H](C)[C@H]3OC(=O)c1ccc[nH]1)C(=O)O. The Kier molecular flexibility index (Phi) is 7.28. The third-order valence-electron chi connectivity index (χ3n) is 8.64. The zero-order chi connectivity index (χ0) is 26.4. The van der Waals surface area contributed by atoms with Crippen molar-refractivity contribution in [3.63, 3.8) is 0 Å². The van der Waals surface area contributed by atoms with E-state index in [9.17, 15) is 29.7 Å². The van der Waals surface area contributed by atoms with E-state index in [4.69, 9.17) is 9.47 Å². The van der Waals surface area contributed by atoms with Crippen molar-refractivity contribution in [3.05, 3.63) is 47.8 Å². The summed E-state index contributed by atoms with van der Waals surface area (Å²) in [7, 11) is 1.31. The van der Waals surface area contributed by atoms with Crippen molar-refractivity contribution in [3.8, 4) is 0 Å². The average molecular weight is 502 g/mol. The maximum atomic E-state index is 12.7. The second-order valence-corrected chi connectivity index (χ2v) is 10.5. The largest absolute Gasteiger partial charge is 0.479 e. The summed E-state index contributed by atoms with van der Waals surface area (Å²) in [6, 6.07) is 3.33. The Bertz CT molecular complexity index is 1050. The number of aliphatic hydroxyl groups is 2. The van der Waals surface area contributed by atoms with E-state index in [0.717, 1.165) is 6.29 Å². The van der Waals surface area contributed by atoms with E-state index in [-0.39, 0.29) is 30.1 Å². The number of carbonyl (C=O) groups is 3. The highest BCUT2D eigenvalue weighted by Crippen LogP contribution is 2.66. The Morgan fingerprint density at radius 2 is 2.00 bits per heavy atom. The Morgan fingerprint density at radius 1 is 1.28 bits per heavy atom. The number of hydrogen-bond donors (Lipinski definition) is 4. The molecule has 9 nitrogen and oxygen atoms in total. The first kappa shape index (κ1) is 26.3. The van der Waals surface area contributed by atoms with Gasteiger partial charge in [0.25, 0.3) is 0 Å². The number of H-pyrrole nitrogens is 1. The van der Waals surface area contributed by atoms with E-state index < -0.39 is 53.6 Å². The molecule has 0 aromatic carbocycles. The Morgan fingerprint density at radius 3 is 2.58 bits per heavy atom. The van der Waals surface area contributed by atoms with Crippen molar-refractivity contribution in [2.45, 2.75) is 51.1 Å². The highest BCUT2D eigenvalue weighted by molar-refractivity contribution is 5.87. The molecule has 0 bridgehead atoms. The number of allylic oxidation sites excluding steroid dienone is 2. The summed E-state index contributed by atoms with van der Waals surface area (Å²) in [5.74, 6) is -4.25. The van der Waals surface area contributed by atoms with Crippen LogP contribution in [-0.4, -0.2) is 69.6 Å². The summed E-state index contributed by atoms with van der Waals surface area (Å²) < 4.78 is 11.0. The third-order valence-corrected chi connectivity index (χ3v) is 8.64. The van der Waals surface area contributed by atoms with Crippen LogP contribution in [0, 0.1) is 41.4 Å². The molecule has 2 saturated carbocycles. The summed E-state index contributed by atoms with van der Waals surface area (Å²) in [6.45, 7) is 5.30. The van der Waals surface area contributed by atoms with E-state index in [1.807, 2.05) is 19.1 Å². The molecule has 3 aliphatic carbocycles. The smallest absolute Gasteiger partial charge is 0.355 e. The van der Waals surface area contributed by atoms with Crippen LogP contribution in [0.2, 0.25) is 0 Å². The summed E-state index contributed by atoms with van der Waals surface area (Å²) >= 11 is 0. The fraction of sp³-hybridized carbons (Fsp3) is 0.593. The predicted molar refractivity (Wildman–Crippen MR) is 129 cm³/mol. The van der Waals surface area contributed by atoms with Crippen LogP contribution < -0.4 is 0 Å². The number of carboxylic acids is 1. The number of rotatable bonds is 9. The zero-order valence-electron chi connectivity index (χ0n) is 20.9. The van der Waals surface area contributed by atoms with Crippen molar-refractivity contribution in [2.24, 2.45) is 41.4 Å². The number of nitrogens with one attached hydrogen (secondary N) is 1. The van der Waals surface area contributed by atoms with E-state index >= 15 is 0 Å². The van der Waals surface area contributed by atoms with E-state index in [1.165, 1.54) is 7.11 Å². The Balaban J connectivity index is 1.70. The van der Waals surface area contributed by atoms with Crippen LogP contribution in [0.1, 0.15) is 37.7 Å². The van der Waals surface area contributed by atoms with Crippen LogP contribution in [0.25, 0.3) is 0 Å².